The van der Waals surface area contributed by atoms with E-state index in [9.17, 15) is 4.39 Å². The summed E-state index contributed by atoms with van der Waals surface area (Å²) in [6.07, 6.45) is 1.43. The van der Waals surface area contributed by atoms with Crippen LogP contribution in [-0.4, -0.2) is 4.98 Å². The summed E-state index contributed by atoms with van der Waals surface area (Å²) in [6, 6.07) is 8.95. The van der Waals surface area contributed by atoms with Gasteiger partial charge in [-0.25, -0.2) is 4.98 Å². The van der Waals surface area contributed by atoms with E-state index >= 15 is 0 Å². The van der Waals surface area contributed by atoms with Gasteiger partial charge in [-0.05, 0) is 36.8 Å². The Bertz CT molecular complexity index is 514. The van der Waals surface area contributed by atoms with Crippen molar-refractivity contribution in [1.82, 2.24) is 4.98 Å². The van der Waals surface area contributed by atoms with Crippen molar-refractivity contribution < 1.29 is 4.39 Å². The summed E-state index contributed by atoms with van der Waals surface area (Å²) < 4.78 is 13.9. The number of pyridine rings is 1. The summed E-state index contributed by atoms with van der Waals surface area (Å²) in [5.74, 6) is -0.487. The molecule has 0 amide bonds. The SMILES string of the molecule is Cc1cc(Nc2ccnc(F)c2)ccc1Br. The second-order valence-electron chi connectivity index (χ2n) is 3.46. The Balaban J connectivity index is 2.24. The second kappa shape index (κ2) is 4.61. The highest BCUT2D eigenvalue weighted by Crippen LogP contribution is 2.22. The van der Waals surface area contributed by atoms with E-state index in [-0.39, 0.29) is 0 Å². The molecule has 82 valence electrons. The molecule has 0 radical (unpaired) electrons. The molecule has 0 fully saturated rings. The van der Waals surface area contributed by atoms with Crippen LogP contribution in [0.25, 0.3) is 0 Å². The van der Waals surface area contributed by atoms with Crippen LogP contribution in [0.3, 0.4) is 0 Å². The van der Waals surface area contributed by atoms with Gasteiger partial charge in [0.25, 0.3) is 0 Å². The lowest BCUT2D eigenvalue weighted by molar-refractivity contribution is 0.584. The molecular formula is C12H10BrFN2. The standard InChI is InChI=1S/C12H10BrFN2/c1-8-6-9(2-3-11(8)13)16-10-4-5-15-12(14)7-10/h2-7H,1H3,(H,15,16). The second-order valence-corrected chi connectivity index (χ2v) is 4.31. The zero-order chi connectivity index (χ0) is 11.5. The Morgan fingerprint density at radius 2 is 1.94 bits per heavy atom. The number of aromatic nitrogens is 1. The first-order chi connectivity index (χ1) is 7.65. The molecule has 0 atom stereocenters. The van der Waals surface area contributed by atoms with Gasteiger partial charge in [0.05, 0.1) is 0 Å². The van der Waals surface area contributed by atoms with Crippen molar-refractivity contribution in [3.63, 3.8) is 0 Å². The van der Waals surface area contributed by atoms with Gasteiger partial charge in [0, 0.05) is 28.1 Å². The molecule has 1 aromatic heterocycles. The number of halogens is 2. The Morgan fingerprint density at radius 1 is 1.19 bits per heavy atom. The number of rotatable bonds is 2. The molecule has 2 rings (SSSR count). The number of nitrogens with one attached hydrogen (secondary N) is 1. The van der Waals surface area contributed by atoms with Gasteiger partial charge in [-0.3, -0.25) is 0 Å². The molecule has 0 unspecified atom stereocenters. The van der Waals surface area contributed by atoms with E-state index in [4.69, 9.17) is 0 Å². The summed E-state index contributed by atoms with van der Waals surface area (Å²) in [6.45, 7) is 2.00. The molecule has 1 heterocycles. The van der Waals surface area contributed by atoms with Crippen LogP contribution in [0.5, 0.6) is 0 Å². The van der Waals surface area contributed by atoms with E-state index < -0.39 is 5.95 Å². The molecule has 0 aliphatic carbocycles. The molecule has 0 saturated heterocycles. The molecule has 1 aromatic carbocycles. The Kier molecular flexibility index (Phi) is 3.19. The molecule has 0 aliphatic rings. The zero-order valence-corrected chi connectivity index (χ0v) is 10.3. The van der Waals surface area contributed by atoms with Gasteiger partial charge in [-0.2, -0.15) is 4.39 Å². The first-order valence-electron chi connectivity index (χ1n) is 4.80. The van der Waals surface area contributed by atoms with Crippen LogP contribution < -0.4 is 5.32 Å². The van der Waals surface area contributed by atoms with Gasteiger partial charge in [-0.15, -0.1) is 0 Å². The lowest BCUT2D eigenvalue weighted by Crippen LogP contribution is -1.92. The van der Waals surface area contributed by atoms with Crippen LogP contribution in [0, 0.1) is 12.9 Å². The lowest BCUT2D eigenvalue weighted by Gasteiger charge is -2.07. The van der Waals surface area contributed by atoms with Crippen molar-refractivity contribution in [3.05, 3.63) is 52.5 Å². The molecular weight excluding hydrogens is 271 g/mol. The maximum Gasteiger partial charge on any atom is 0.214 e. The summed E-state index contributed by atoms with van der Waals surface area (Å²) in [5.41, 5.74) is 2.74. The highest BCUT2D eigenvalue weighted by molar-refractivity contribution is 9.10. The third kappa shape index (κ3) is 2.58. The van der Waals surface area contributed by atoms with Gasteiger partial charge in [0.1, 0.15) is 0 Å². The number of anilines is 2. The predicted octanol–water partition coefficient (Wildman–Crippen LogP) is 4.04. The van der Waals surface area contributed by atoms with Crippen LogP contribution in [0.4, 0.5) is 15.8 Å². The first-order valence-corrected chi connectivity index (χ1v) is 5.59. The number of nitrogens with zero attached hydrogens (tertiary/aromatic N) is 1. The van der Waals surface area contributed by atoms with Crippen molar-refractivity contribution in [1.29, 1.82) is 0 Å². The normalized spacial score (nSPS) is 10.2. The van der Waals surface area contributed by atoms with Crippen LogP contribution in [0.2, 0.25) is 0 Å². The largest absolute Gasteiger partial charge is 0.355 e. The summed E-state index contributed by atoms with van der Waals surface area (Å²) >= 11 is 3.43. The molecule has 0 saturated carbocycles. The maximum atomic E-state index is 12.9. The minimum absolute atomic E-state index is 0.487. The number of hydrogen-bond acceptors (Lipinski definition) is 2. The zero-order valence-electron chi connectivity index (χ0n) is 8.67. The van der Waals surface area contributed by atoms with E-state index in [1.54, 1.807) is 6.07 Å². The van der Waals surface area contributed by atoms with Crippen LogP contribution >= 0.6 is 15.9 Å². The summed E-state index contributed by atoms with van der Waals surface area (Å²) in [4.78, 5) is 3.50. The molecule has 1 N–H and O–H groups in total. The van der Waals surface area contributed by atoms with Gasteiger partial charge < -0.3 is 5.32 Å². The highest BCUT2D eigenvalue weighted by Gasteiger charge is 1.99. The van der Waals surface area contributed by atoms with E-state index in [1.165, 1.54) is 12.3 Å². The third-order valence-corrected chi connectivity index (χ3v) is 3.06. The Labute approximate surface area is 102 Å². The van der Waals surface area contributed by atoms with Crippen LogP contribution in [0.15, 0.2) is 41.0 Å². The molecule has 0 spiro atoms. The fourth-order valence-electron chi connectivity index (χ4n) is 1.37. The average molecular weight is 281 g/mol. The van der Waals surface area contributed by atoms with Crippen molar-refractivity contribution in [2.24, 2.45) is 0 Å². The Hall–Kier alpha value is -1.42. The molecule has 4 heteroatoms. The van der Waals surface area contributed by atoms with E-state index in [2.05, 4.69) is 26.2 Å². The monoisotopic (exact) mass is 280 g/mol. The minimum Gasteiger partial charge on any atom is -0.355 e. The summed E-state index contributed by atoms with van der Waals surface area (Å²) in [7, 11) is 0. The molecule has 16 heavy (non-hydrogen) atoms. The number of aryl methyl sites for hydroxylation is 1. The molecule has 2 aromatic rings. The van der Waals surface area contributed by atoms with Gasteiger partial charge in [0.15, 0.2) is 0 Å². The van der Waals surface area contributed by atoms with E-state index in [0.717, 1.165) is 15.7 Å². The quantitative estimate of drug-likeness (QED) is 0.840. The maximum absolute atomic E-state index is 12.9. The summed E-state index contributed by atoms with van der Waals surface area (Å²) in [5, 5.41) is 3.11. The van der Waals surface area contributed by atoms with E-state index in [1.807, 2.05) is 25.1 Å². The topological polar surface area (TPSA) is 24.9 Å². The first kappa shape index (κ1) is 11.1. The fourth-order valence-corrected chi connectivity index (χ4v) is 1.62. The average Bonchev–Trinajstić information content (AvgIpc) is 2.24. The molecule has 2 nitrogen and oxygen atoms in total. The lowest BCUT2D eigenvalue weighted by atomic mass is 10.2. The van der Waals surface area contributed by atoms with E-state index in [0.29, 0.717) is 5.69 Å². The van der Waals surface area contributed by atoms with Crippen molar-refractivity contribution >= 4 is 27.3 Å². The number of benzene rings is 1. The minimum atomic E-state index is -0.487. The third-order valence-electron chi connectivity index (χ3n) is 2.17. The van der Waals surface area contributed by atoms with Crippen molar-refractivity contribution in [2.45, 2.75) is 6.92 Å². The van der Waals surface area contributed by atoms with Crippen molar-refractivity contribution in [2.75, 3.05) is 5.32 Å². The van der Waals surface area contributed by atoms with Gasteiger partial charge in [0.2, 0.25) is 5.95 Å². The smallest absolute Gasteiger partial charge is 0.214 e. The predicted molar refractivity (Wildman–Crippen MR) is 66.4 cm³/mol. The van der Waals surface area contributed by atoms with Gasteiger partial charge in [-0.1, -0.05) is 15.9 Å². The highest BCUT2D eigenvalue weighted by atomic mass is 79.9. The molecule has 0 aliphatic heterocycles. The van der Waals surface area contributed by atoms with Gasteiger partial charge >= 0.3 is 0 Å². The van der Waals surface area contributed by atoms with Crippen LogP contribution in [-0.2, 0) is 0 Å². The fraction of sp³-hybridized carbons (Fsp3) is 0.0833. The molecule has 0 bridgehead atoms. The van der Waals surface area contributed by atoms with Crippen molar-refractivity contribution in [3.8, 4) is 0 Å². The van der Waals surface area contributed by atoms with Crippen LogP contribution in [0.1, 0.15) is 5.56 Å². The number of hydrogen-bond donors (Lipinski definition) is 1. The Morgan fingerprint density at radius 3 is 2.62 bits per heavy atom.